The van der Waals surface area contributed by atoms with Crippen molar-refractivity contribution >= 4 is 56.9 Å². The summed E-state index contributed by atoms with van der Waals surface area (Å²) in [6.07, 6.45) is 1.65. The molecule has 6 nitrogen and oxygen atoms in total. The molecule has 0 unspecified atom stereocenters. The fraction of sp³-hybridized carbons (Fsp3) is 0.0870. The Balaban J connectivity index is 1.62. The number of hydrogen-bond donors (Lipinski definition) is 0. The van der Waals surface area contributed by atoms with Crippen LogP contribution in [0.25, 0.3) is 17.4 Å². The fourth-order valence-electron chi connectivity index (χ4n) is 3.11. The molecule has 31 heavy (non-hydrogen) atoms. The molecule has 4 rings (SSSR count). The van der Waals surface area contributed by atoms with Gasteiger partial charge in [0.1, 0.15) is 11.5 Å². The second-order valence-electron chi connectivity index (χ2n) is 6.73. The van der Waals surface area contributed by atoms with Crippen LogP contribution in [0.1, 0.15) is 23.0 Å². The summed E-state index contributed by atoms with van der Waals surface area (Å²) in [5.41, 5.74) is 2.61. The van der Waals surface area contributed by atoms with Crippen molar-refractivity contribution in [2.24, 2.45) is 5.10 Å². The van der Waals surface area contributed by atoms with Crippen molar-refractivity contribution in [2.75, 3.05) is 12.1 Å². The maximum absolute atomic E-state index is 12.9. The number of methoxy groups -OCH3 is 1. The minimum Gasteiger partial charge on any atom is -0.465 e. The molecular formula is C23H16BrClN2O4. The van der Waals surface area contributed by atoms with Gasteiger partial charge in [0.15, 0.2) is 0 Å². The van der Waals surface area contributed by atoms with Crippen molar-refractivity contribution in [1.82, 2.24) is 0 Å². The predicted molar refractivity (Wildman–Crippen MR) is 123 cm³/mol. The lowest BCUT2D eigenvalue weighted by Crippen LogP contribution is -2.21. The van der Waals surface area contributed by atoms with Gasteiger partial charge in [-0.15, -0.1) is 0 Å². The molecule has 0 aliphatic carbocycles. The first-order valence-electron chi connectivity index (χ1n) is 9.23. The molecule has 156 valence electrons. The van der Waals surface area contributed by atoms with Gasteiger partial charge in [0.25, 0.3) is 5.91 Å². The predicted octanol–water partition coefficient (Wildman–Crippen LogP) is 5.96. The number of ether oxygens (including phenoxy) is 1. The van der Waals surface area contributed by atoms with Gasteiger partial charge >= 0.3 is 5.97 Å². The van der Waals surface area contributed by atoms with E-state index in [1.807, 2.05) is 24.3 Å². The third-order valence-electron chi connectivity index (χ3n) is 4.70. The lowest BCUT2D eigenvalue weighted by atomic mass is 10.1. The molecule has 2 aromatic carbocycles. The van der Waals surface area contributed by atoms with E-state index in [0.29, 0.717) is 39.1 Å². The topological polar surface area (TPSA) is 72.1 Å². The Kier molecular flexibility index (Phi) is 5.80. The maximum atomic E-state index is 12.9. The largest absolute Gasteiger partial charge is 0.465 e. The highest BCUT2D eigenvalue weighted by molar-refractivity contribution is 9.10. The van der Waals surface area contributed by atoms with Crippen molar-refractivity contribution in [1.29, 1.82) is 0 Å². The summed E-state index contributed by atoms with van der Waals surface area (Å²) < 4.78 is 11.6. The molecule has 0 bridgehead atoms. The molecule has 2 heterocycles. The lowest BCUT2D eigenvalue weighted by molar-refractivity contribution is -0.114. The zero-order valence-electron chi connectivity index (χ0n) is 16.6. The molecule has 0 fully saturated rings. The van der Waals surface area contributed by atoms with Crippen LogP contribution < -0.4 is 5.01 Å². The molecule has 1 aromatic heterocycles. The van der Waals surface area contributed by atoms with Crippen LogP contribution in [-0.2, 0) is 9.53 Å². The lowest BCUT2D eigenvalue weighted by Gasteiger charge is -2.11. The van der Waals surface area contributed by atoms with E-state index in [4.69, 9.17) is 20.8 Å². The van der Waals surface area contributed by atoms with E-state index < -0.39 is 5.97 Å². The van der Waals surface area contributed by atoms with E-state index in [0.717, 1.165) is 4.47 Å². The Morgan fingerprint density at radius 3 is 2.61 bits per heavy atom. The smallest absolute Gasteiger partial charge is 0.339 e. The highest BCUT2D eigenvalue weighted by Gasteiger charge is 2.29. The Morgan fingerprint density at radius 2 is 1.90 bits per heavy atom. The van der Waals surface area contributed by atoms with E-state index >= 15 is 0 Å². The quantitative estimate of drug-likeness (QED) is 0.328. The Hall–Kier alpha value is -3.16. The monoisotopic (exact) mass is 498 g/mol. The summed E-state index contributed by atoms with van der Waals surface area (Å²) in [5, 5.41) is 6.02. The average Bonchev–Trinajstić information content (AvgIpc) is 3.34. The molecule has 0 saturated heterocycles. The van der Waals surface area contributed by atoms with Crippen molar-refractivity contribution in [2.45, 2.75) is 6.92 Å². The second kappa shape index (κ2) is 8.53. The molecule has 3 aromatic rings. The first-order valence-corrected chi connectivity index (χ1v) is 10.4. The molecule has 1 amide bonds. The van der Waals surface area contributed by atoms with E-state index in [-0.39, 0.29) is 11.5 Å². The normalized spacial score (nSPS) is 14.8. The van der Waals surface area contributed by atoms with Crippen LogP contribution in [0, 0.1) is 0 Å². The maximum Gasteiger partial charge on any atom is 0.339 e. The molecule has 1 aliphatic rings. The summed E-state index contributed by atoms with van der Waals surface area (Å²) >= 11 is 9.46. The zero-order chi connectivity index (χ0) is 22.1. The number of carbonyl (C=O) groups excluding carboxylic acids is 2. The third-order valence-corrected chi connectivity index (χ3v) is 5.56. The van der Waals surface area contributed by atoms with Crippen molar-refractivity contribution in [3.8, 4) is 11.3 Å². The number of furan rings is 1. The summed E-state index contributed by atoms with van der Waals surface area (Å²) in [4.78, 5) is 24.8. The molecule has 1 aliphatic heterocycles. The summed E-state index contributed by atoms with van der Waals surface area (Å²) in [6.45, 7) is 1.77. The number of nitrogens with zero attached hydrogens (tertiary/aromatic N) is 2. The van der Waals surface area contributed by atoms with Gasteiger partial charge in [-0.2, -0.15) is 10.1 Å². The fourth-order valence-corrected chi connectivity index (χ4v) is 3.57. The Morgan fingerprint density at radius 1 is 1.16 bits per heavy atom. The summed E-state index contributed by atoms with van der Waals surface area (Å²) in [7, 11) is 1.29. The molecule has 0 saturated carbocycles. The Bertz CT molecular complexity index is 1240. The van der Waals surface area contributed by atoms with Crippen molar-refractivity contribution in [3.63, 3.8) is 0 Å². The van der Waals surface area contributed by atoms with Gasteiger partial charge in [0, 0.05) is 10.0 Å². The first-order chi connectivity index (χ1) is 14.9. The summed E-state index contributed by atoms with van der Waals surface area (Å²) in [5.74, 6) is 0.244. The van der Waals surface area contributed by atoms with Gasteiger partial charge in [-0.05, 0) is 67.6 Å². The third kappa shape index (κ3) is 4.19. The highest BCUT2D eigenvalue weighted by atomic mass is 79.9. The molecule has 8 heteroatoms. The SMILES string of the molecule is COC(=O)c1cc(-c2ccc(C=C3C(=O)N(c4ccc(Br)cc4)N=C3C)o2)ccc1Cl. The van der Waals surface area contributed by atoms with Gasteiger partial charge in [-0.1, -0.05) is 27.5 Å². The first kappa shape index (κ1) is 21.1. The number of esters is 1. The molecular weight excluding hydrogens is 484 g/mol. The number of halogens is 2. The van der Waals surface area contributed by atoms with Crippen LogP contribution in [0.4, 0.5) is 5.69 Å². The minimum atomic E-state index is -0.530. The minimum absolute atomic E-state index is 0.239. The number of carbonyl (C=O) groups is 2. The van der Waals surface area contributed by atoms with Crippen LogP contribution in [0.5, 0.6) is 0 Å². The number of amides is 1. The second-order valence-corrected chi connectivity index (χ2v) is 8.05. The molecule has 0 atom stereocenters. The summed E-state index contributed by atoms with van der Waals surface area (Å²) in [6, 6.07) is 15.8. The van der Waals surface area contributed by atoms with Gasteiger partial charge in [-0.25, -0.2) is 4.79 Å². The zero-order valence-corrected chi connectivity index (χ0v) is 18.9. The van der Waals surface area contributed by atoms with Crippen molar-refractivity contribution < 1.29 is 18.7 Å². The van der Waals surface area contributed by atoms with Crippen LogP contribution in [0.2, 0.25) is 5.02 Å². The number of hydrogen-bond acceptors (Lipinski definition) is 5. The van der Waals surface area contributed by atoms with Crippen LogP contribution in [0.15, 0.2) is 74.2 Å². The van der Waals surface area contributed by atoms with Gasteiger partial charge in [-0.3, -0.25) is 4.79 Å². The average molecular weight is 500 g/mol. The standard InChI is InChI=1S/C23H16BrClN2O4/c1-13-18(22(28)27(26-13)16-6-4-15(24)5-7-16)12-17-8-10-21(31-17)14-3-9-20(25)19(11-14)23(29)30-2/h3-12H,1-2H3. The number of hydrazone groups is 1. The van der Waals surface area contributed by atoms with Crippen LogP contribution in [0.3, 0.4) is 0 Å². The van der Waals surface area contributed by atoms with Crippen molar-refractivity contribution in [3.05, 3.63) is 81.0 Å². The van der Waals surface area contributed by atoms with Gasteiger partial charge < -0.3 is 9.15 Å². The van der Waals surface area contributed by atoms with Crippen LogP contribution >= 0.6 is 27.5 Å². The van der Waals surface area contributed by atoms with E-state index in [9.17, 15) is 9.59 Å². The van der Waals surface area contributed by atoms with Crippen LogP contribution in [-0.4, -0.2) is 24.7 Å². The molecule has 0 radical (unpaired) electrons. The molecule has 0 N–H and O–H groups in total. The highest BCUT2D eigenvalue weighted by Crippen LogP contribution is 2.30. The van der Waals surface area contributed by atoms with Gasteiger partial charge in [0.05, 0.1) is 34.7 Å². The Labute approximate surface area is 191 Å². The van der Waals surface area contributed by atoms with E-state index in [1.165, 1.54) is 12.1 Å². The van der Waals surface area contributed by atoms with Gasteiger partial charge in [0.2, 0.25) is 0 Å². The van der Waals surface area contributed by atoms with E-state index in [1.54, 1.807) is 43.3 Å². The molecule has 0 spiro atoms. The number of rotatable bonds is 4. The number of benzene rings is 2. The van der Waals surface area contributed by atoms with E-state index in [2.05, 4.69) is 21.0 Å². The number of anilines is 1.